The van der Waals surface area contributed by atoms with Gasteiger partial charge < -0.3 is 10.3 Å². The first-order valence-corrected chi connectivity index (χ1v) is 8.77. The highest BCUT2D eigenvalue weighted by atomic mass is 35.5. The van der Waals surface area contributed by atoms with Crippen LogP contribution in [0.5, 0.6) is 0 Å². The Hall–Kier alpha value is -1.72. The lowest BCUT2D eigenvalue weighted by Crippen LogP contribution is -2.29. The van der Waals surface area contributed by atoms with Crippen LogP contribution in [-0.2, 0) is 17.1 Å². The van der Waals surface area contributed by atoms with Crippen molar-refractivity contribution in [2.45, 2.75) is 26.1 Å². The zero-order valence-electron chi connectivity index (χ0n) is 13.1. The van der Waals surface area contributed by atoms with Gasteiger partial charge in [0.1, 0.15) is 0 Å². The van der Waals surface area contributed by atoms with E-state index in [1.807, 2.05) is 44.2 Å². The summed E-state index contributed by atoms with van der Waals surface area (Å²) in [6.07, 6.45) is 0. The van der Waals surface area contributed by atoms with Gasteiger partial charge in [-0.25, -0.2) is 0 Å². The Morgan fingerprint density at radius 2 is 2.09 bits per heavy atom. The van der Waals surface area contributed by atoms with Gasteiger partial charge in [-0.2, -0.15) is 0 Å². The third kappa shape index (κ3) is 5.44. The number of benzene rings is 1. The van der Waals surface area contributed by atoms with Crippen molar-refractivity contribution in [3.05, 3.63) is 68.1 Å². The number of thioether (sulfide) groups is 1. The monoisotopic (exact) mass is 350 g/mol. The smallest absolute Gasteiger partial charge is 0.253 e. The topological polar surface area (TPSA) is 62.0 Å². The van der Waals surface area contributed by atoms with Crippen LogP contribution >= 0.6 is 23.4 Å². The highest BCUT2D eigenvalue weighted by Gasteiger charge is 2.08. The number of amides is 1. The minimum atomic E-state index is -0.144. The van der Waals surface area contributed by atoms with Crippen LogP contribution < -0.4 is 10.9 Å². The molecule has 0 saturated carbocycles. The highest BCUT2D eigenvalue weighted by molar-refractivity contribution is 7.99. The SMILES string of the molecule is Cc1cc(C)c(CNC(=O)CSCc2cccc(Cl)c2)c(=O)[nH]1. The van der Waals surface area contributed by atoms with Crippen LogP contribution in [0.4, 0.5) is 0 Å². The summed E-state index contributed by atoms with van der Waals surface area (Å²) < 4.78 is 0. The minimum absolute atomic E-state index is 0.0867. The van der Waals surface area contributed by atoms with Crippen LogP contribution in [0.1, 0.15) is 22.4 Å². The van der Waals surface area contributed by atoms with Crippen molar-refractivity contribution >= 4 is 29.3 Å². The Morgan fingerprint density at radius 1 is 1.30 bits per heavy atom. The molecular weight excluding hydrogens is 332 g/mol. The molecule has 0 spiro atoms. The van der Waals surface area contributed by atoms with E-state index in [1.54, 1.807) is 0 Å². The number of carbonyl (C=O) groups is 1. The van der Waals surface area contributed by atoms with Crippen molar-refractivity contribution in [1.82, 2.24) is 10.3 Å². The Morgan fingerprint density at radius 3 is 2.78 bits per heavy atom. The second-order valence-corrected chi connectivity index (χ2v) is 6.76. The van der Waals surface area contributed by atoms with Gasteiger partial charge in [0, 0.05) is 28.6 Å². The predicted octanol–water partition coefficient (Wildman–Crippen LogP) is 3.19. The van der Waals surface area contributed by atoms with Crippen molar-refractivity contribution in [3.63, 3.8) is 0 Å². The van der Waals surface area contributed by atoms with Crippen LogP contribution in [0, 0.1) is 13.8 Å². The quantitative estimate of drug-likeness (QED) is 0.841. The zero-order chi connectivity index (χ0) is 16.8. The molecule has 0 aliphatic heterocycles. The molecule has 2 aromatic rings. The van der Waals surface area contributed by atoms with Crippen molar-refractivity contribution in [2.24, 2.45) is 0 Å². The van der Waals surface area contributed by atoms with Gasteiger partial charge in [0.25, 0.3) is 5.56 Å². The van der Waals surface area contributed by atoms with Crippen LogP contribution in [0.2, 0.25) is 5.02 Å². The van der Waals surface area contributed by atoms with Crippen molar-refractivity contribution in [1.29, 1.82) is 0 Å². The third-order valence-electron chi connectivity index (χ3n) is 3.35. The first-order chi connectivity index (χ1) is 11.0. The molecule has 0 atom stereocenters. The van der Waals surface area contributed by atoms with Gasteiger partial charge >= 0.3 is 0 Å². The number of pyridine rings is 1. The Labute approximate surface area is 144 Å². The fourth-order valence-electron chi connectivity index (χ4n) is 2.23. The zero-order valence-corrected chi connectivity index (χ0v) is 14.7. The Kier molecular flexibility index (Phi) is 6.30. The first-order valence-electron chi connectivity index (χ1n) is 7.24. The summed E-state index contributed by atoms with van der Waals surface area (Å²) in [6.45, 7) is 3.96. The number of H-pyrrole nitrogens is 1. The van der Waals surface area contributed by atoms with Crippen LogP contribution in [0.25, 0.3) is 0 Å². The largest absolute Gasteiger partial charge is 0.351 e. The number of rotatable bonds is 6. The molecule has 1 aromatic carbocycles. The maximum Gasteiger partial charge on any atom is 0.253 e. The van der Waals surface area contributed by atoms with Crippen molar-refractivity contribution in [2.75, 3.05) is 5.75 Å². The molecule has 0 aliphatic carbocycles. The molecule has 0 aliphatic rings. The molecule has 2 N–H and O–H groups in total. The molecule has 0 bridgehead atoms. The fourth-order valence-corrected chi connectivity index (χ4v) is 3.25. The molecule has 1 aromatic heterocycles. The lowest BCUT2D eigenvalue weighted by Gasteiger charge is -2.08. The van der Waals surface area contributed by atoms with E-state index >= 15 is 0 Å². The Balaban J connectivity index is 1.81. The average molecular weight is 351 g/mol. The van der Waals surface area contributed by atoms with E-state index in [4.69, 9.17) is 11.6 Å². The summed E-state index contributed by atoms with van der Waals surface area (Å²) in [4.78, 5) is 26.5. The second kappa shape index (κ2) is 8.22. The van der Waals surface area contributed by atoms with Gasteiger partial charge in [0.2, 0.25) is 5.91 Å². The van der Waals surface area contributed by atoms with E-state index in [0.29, 0.717) is 16.3 Å². The van der Waals surface area contributed by atoms with Gasteiger partial charge in [-0.1, -0.05) is 23.7 Å². The molecule has 0 fully saturated rings. The van der Waals surface area contributed by atoms with Gasteiger partial charge in [-0.05, 0) is 43.2 Å². The number of hydrogen-bond donors (Lipinski definition) is 2. The molecule has 0 saturated heterocycles. The number of aromatic nitrogens is 1. The minimum Gasteiger partial charge on any atom is -0.351 e. The summed E-state index contributed by atoms with van der Waals surface area (Å²) in [5.41, 5.74) is 3.25. The van der Waals surface area contributed by atoms with E-state index in [9.17, 15) is 9.59 Å². The van der Waals surface area contributed by atoms with E-state index in [-0.39, 0.29) is 18.0 Å². The molecular formula is C17H19ClN2O2S. The summed E-state index contributed by atoms with van der Waals surface area (Å²) in [7, 11) is 0. The molecule has 122 valence electrons. The first kappa shape index (κ1) is 17.6. The summed E-state index contributed by atoms with van der Waals surface area (Å²) in [6, 6.07) is 9.49. The number of halogens is 1. The lowest BCUT2D eigenvalue weighted by molar-refractivity contribution is -0.118. The van der Waals surface area contributed by atoms with E-state index < -0.39 is 0 Å². The van der Waals surface area contributed by atoms with Crippen molar-refractivity contribution in [3.8, 4) is 0 Å². The molecule has 1 heterocycles. The van der Waals surface area contributed by atoms with Gasteiger partial charge in [0.15, 0.2) is 0 Å². The maximum absolute atomic E-state index is 11.9. The Bertz CT molecular complexity index is 758. The molecule has 6 heteroatoms. The summed E-state index contributed by atoms with van der Waals surface area (Å²) >= 11 is 7.44. The van der Waals surface area contributed by atoms with Gasteiger partial charge in [-0.15, -0.1) is 11.8 Å². The predicted molar refractivity (Wildman–Crippen MR) is 96.0 cm³/mol. The number of carbonyl (C=O) groups excluding carboxylic acids is 1. The normalized spacial score (nSPS) is 10.6. The van der Waals surface area contributed by atoms with E-state index in [0.717, 1.165) is 22.6 Å². The van der Waals surface area contributed by atoms with Gasteiger partial charge in [0.05, 0.1) is 5.75 Å². The summed E-state index contributed by atoms with van der Waals surface area (Å²) in [5.74, 6) is 0.976. The van der Waals surface area contributed by atoms with Crippen LogP contribution in [-0.4, -0.2) is 16.6 Å². The highest BCUT2D eigenvalue weighted by Crippen LogP contribution is 2.16. The third-order valence-corrected chi connectivity index (χ3v) is 4.59. The molecule has 1 amide bonds. The second-order valence-electron chi connectivity index (χ2n) is 5.34. The lowest BCUT2D eigenvalue weighted by atomic mass is 10.1. The average Bonchev–Trinajstić information content (AvgIpc) is 2.46. The fraction of sp³-hybridized carbons (Fsp3) is 0.294. The number of hydrogen-bond acceptors (Lipinski definition) is 3. The maximum atomic E-state index is 11.9. The van der Waals surface area contributed by atoms with Crippen LogP contribution in [0.3, 0.4) is 0 Å². The number of aromatic amines is 1. The molecule has 23 heavy (non-hydrogen) atoms. The van der Waals surface area contributed by atoms with E-state index in [1.165, 1.54) is 11.8 Å². The van der Waals surface area contributed by atoms with Crippen molar-refractivity contribution < 1.29 is 4.79 Å². The summed E-state index contributed by atoms with van der Waals surface area (Å²) in [5, 5.41) is 3.49. The van der Waals surface area contributed by atoms with Crippen LogP contribution in [0.15, 0.2) is 35.1 Å². The number of aryl methyl sites for hydroxylation is 2. The molecule has 2 rings (SSSR count). The molecule has 0 radical (unpaired) electrons. The standard InChI is InChI=1S/C17H19ClN2O2S/c1-11-6-12(2)20-17(22)15(11)8-19-16(21)10-23-9-13-4-3-5-14(18)7-13/h3-7H,8-10H2,1-2H3,(H,19,21)(H,20,22). The number of nitrogens with one attached hydrogen (secondary N) is 2. The molecule has 4 nitrogen and oxygen atoms in total. The van der Waals surface area contributed by atoms with E-state index in [2.05, 4.69) is 10.3 Å². The molecule has 0 unspecified atom stereocenters. The van der Waals surface area contributed by atoms with Gasteiger partial charge in [-0.3, -0.25) is 9.59 Å².